The molecule has 0 bridgehead atoms. The van der Waals surface area contributed by atoms with Gasteiger partial charge in [0, 0.05) is 6.07 Å². The number of hydrogen-bond donors (Lipinski definition) is 2. The van der Waals surface area contributed by atoms with Crippen LogP contribution in [0.25, 0.3) is 0 Å². The van der Waals surface area contributed by atoms with Crippen molar-refractivity contribution >= 4 is 5.69 Å². The Hall–Kier alpha value is -2.07. The summed E-state index contributed by atoms with van der Waals surface area (Å²) in [5, 5.41) is 8.89. The molecule has 2 aromatic rings. The molecule has 0 saturated carbocycles. The molecule has 1 heterocycles. The lowest BCUT2D eigenvalue weighted by molar-refractivity contribution is 0.281. The van der Waals surface area contributed by atoms with Crippen LogP contribution in [-0.4, -0.2) is 10.1 Å². The minimum atomic E-state index is 0.0279. The van der Waals surface area contributed by atoms with Crippen molar-refractivity contribution in [3.8, 4) is 11.5 Å². The number of ether oxygens (including phenoxy) is 1. The zero-order valence-electron chi connectivity index (χ0n) is 8.63. The monoisotopic (exact) mass is 216 g/mol. The fourth-order valence-electron chi connectivity index (χ4n) is 1.29. The molecule has 4 nitrogen and oxygen atoms in total. The van der Waals surface area contributed by atoms with E-state index in [4.69, 9.17) is 15.6 Å². The Labute approximate surface area is 93.3 Å². The number of pyridine rings is 1. The number of aliphatic hydroxyl groups excluding tert-OH is 1. The van der Waals surface area contributed by atoms with Crippen LogP contribution in [0.4, 0.5) is 5.69 Å². The average Bonchev–Trinajstić information content (AvgIpc) is 2.30. The van der Waals surface area contributed by atoms with E-state index in [1.54, 1.807) is 42.7 Å². The van der Waals surface area contributed by atoms with Crippen molar-refractivity contribution in [3.05, 3.63) is 48.3 Å². The highest BCUT2D eigenvalue weighted by Gasteiger charge is 1.98. The van der Waals surface area contributed by atoms with Crippen molar-refractivity contribution in [2.24, 2.45) is 0 Å². The average molecular weight is 216 g/mol. The van der Waals surface area contributed by atoms with Gasteiger partial charge in [-0.2, -0.15) is 0 Å². The predicted molar refractivity (Wildman–Crippen MR) is 61.1 cm³/mol. The van der Waals surface area contributed by atoms with Crippen molar-refractivity contribution in [2.45, 2.75) is 6.61 Å². The Kier molecular flexibility index (Phi) is 3.03. The van der Waals surface area contributed by atoms with E-state index in [0.29, 0.717) is 17.2 Å². The number of rotatable bonds is 3. The van der Waals surface area contributed by atoms with Crippen LogP contribution in [0.3, 0.4) is 0 Å². The van der Waals surface area contributed by atoms with E-state index in [0.717, 1.165) is 5.56 Å². The molecule has 0 amide bonds. The molecule has 3 N–H and O–H groups in total. The minimum Gasteiger partial charge on any atom is -0.456 e. The van der Waals surface area contributed by atoms with Crippen LogP contribution in [0, 0.1) is 0 Å². The third-order valence-corrected chi connectivity index (χ3v) is 2.08. The Balaban J connectivity index is 2.14. The molecule has 1 aromatic heterocycles. The summed E-state index contributed by atoms with van der Waals surface area (Å²) in [4.78, 5) is 3.92. The van der Waals surface area contributed by atoms with E-state index in [1.165, 1.54) is 0 Å². The predicted octanol–water partition coefficient (Wildman–Crippen LogP) is 1.95. The zero-order chi connectivity index (χ0) is 11.4. The summed E-state index contributed by atoms with van der Waals surface area (Å²) in [6.45, 7) is 0.0279. The van der Waals surface area contributed by atoms with E-state index in [9.17, 15) is 0 Å². The number of hydrogen-bond acceptors (Lipinski definition) is 4. The number of nitrogen functional groups attached to an aromatic ring is 1. The minimum absolute atomic E-state index is 0.0279. The second-order valence-electron chi connectivity index (χ2n) is 3.36. The van der Waals surface area contributed by atoms with Gasteiger partial charge in [-0.1, -0.05) is 12.1 Å². The molecular weight excluding hydrogens is 204 g/mol. The van der Waals surface area contributed by atoms with Crippen LogP contribution >= 0.6 is 0 Å². The van der Waals surface area contributed by atoms with Gasteiger partial charge < -0.3 is 15.6 Å². The lowest BCUT2D eigenvalue weighted by Crippen LogP contribution is -1.90. The molecule has 1 aromatic carbocycles. The van der Waals surface area contributed by atoms with Crippen LogP contribution in [0.2, 0.25) is 0 Å². The smallest absolute Gasteiger partial charge is 0.147 e. The number of aromatic nitrogens is 1. The quantitative estimate of drug-likeness (QED) is 0.822. The molecule has 0 aliphatic rings. The maximum atomic E-state index is 8.89. The molecule has 2 rings (SSSR count). The molecule has 0 atom stereocenters. The third-order valence-electron chi connectivity index (χ3n) is 2.08. The summed E-state index contributed by atoms with van der Waals surface area (Å²) in [6, 6.07) is 8.88. The van der Waals surface area contributed by atoms with Gasteiger partial charge in [-0.05, 0) is 17.7 Å². The van der Waals surface area contributed by atoms with Gasteiger partial charge >= 0.3 is 0 Å². The summed E-state index contributed by atoms with van der Waals surface area (Å²) >= 11 is 0. The molecule has 4 heteroatoms. The number of nitrogens with zero attached hydrogens (tertiary/aromatic N) is 1. The summed E-state index contributed by atoms with van der Waals surface area (Å²) in [7, 11) is 0. The highest BCUT2D eigenvalue weighted by atomic mass is 16.5. The normalized spacial score (nSPS) is 10.1. The fourth-order valence-corrected chi connectivity index (χ4v) is 1.29. The first-order valence-electron chi connectivity index (χ1n) is 4.86. The highest BCUT2D eigenvalue weighted by molar-refractivity contribution is 5.42. The zero-order valence-corrected chi connectivity index (χ0v) is 8.63. The Bertz CT molecular complexity index is 469. The van der Waals surface area contributed by atoms with E-state index in [-0.39, 0.29) is 6.61 Å². The molecule has 0 aliphatic heterocycles. The maximum absolute atomic E-state index is 8.89. The SMILES string of the molecule is Nc1cncc(Oc2ccc(CO)cc2)c1. The van der Waals surface area contributed by atoms with Crippen LogP contribution in [0.15, 0.2) is 42.7 Å². The van der Waals surface area contributed by atoms with Crippen LogP contribution in [0.5, 0.6) is 11.5 Å². The molecular formula is C12H12N2O2. The number of benzene rings is 1. The van der Waals surface area contributed by atoms with Crippen molar-refractivity contribution in [1.82, 2.24) is 4.98 Å². The first-order chi connectivity index (χ1) is 7.78. The molecule has 16 heavy (non-hydrogen) atoms. The van der Waals surface area contributed by atoms with Gasteiger partial charge in [0.1, 0.15) is 11.5 Å². The number of anilines is 1. The third kappa shape index (κ3) is 2.49. The highest BCUT2D eigenvalue weighted by Crippen LogP contribution is 2.22. The Morgan fingerprint density at radius 2 is 1.88 bits per heavy atom. The summed E-state index contributed by atoms with van der Waals surface area (Å²) in [5.41, 5.74) is 6.99. The van der Waals surface area contributed by atoms with Crippen molar-refractivity contribution in [1.29, 1.82) is 0 Å². The van der Waals surface area contributed by atoms with E-state index < -0.39 is 0 Å². The Morgan fingerprint density at radius 3 is 2.50 bits per heavy atom. The second-order valence-corrected chi connectivity index (χ2v) is 3.36. The van der Waals surface area contributed by atoms with Gasteiger partial charge in [-0.15, -0.1) is 0 Å². The fraction of sp³-hybridized carbons (Fsp3) is 0.0833. The van der Waals surface area contributed by atoms with E-state index in [1.807, 2.05) is 0 Å². The van der Waals surface area contributed by atoms with Crippen LogP contribution in [-0.2, 0) is 6.61 Å². The number of nitrogens with two attached hydrogens (primary N) is 1. The van der Waals surface area contributed by atoms with Crippen LogP contribution < -0.4 is 10.5 Å². The van der Waals surface area contributed by atoms with Crippen molar-refractivity contribution < 1.29 is 9.84 Å². The second kappa shape index (κ2) is 4.63. The summed E-state index contributed by atoms with van der Waals surface area (Å²) < 4.78 is 5.53. The summed E-state index contributed by atoms with van der Waals surface area (Å²) in [6.07, 6.45) is 3.15. The van der Waals surface area contributed by atoms with Gasteiger partial charge in [0.05, 0.1) is 24.7 Å². The topological polar surface area (TPSA) is 68.4 Å². The summed E-state index contributed by atoms with van der Waals surface area (Å²) in [5.74, 6) is 1.28. The van der Waals surface area contributed by atoms with Crippen molar-refractivity contribution in [3.63, 3.8) is 0 Å². The van der Waals surface area contributed by atoms with E-state index >= 15 is 0 Å². The largest absolute Gasteiger partial charge is 0.456 e. The van der Waals surface area contributed by atoms with Gasteiger partial charge in [-0.3, -0.25) is 4.98 Å². The van der Waals surface area contributed by atoms with Gasteiger partial charge in [-0.25, -0.2) is 0 Å². The molecule has 0 radical (unpaired) electrons. The lowest BCUT2D eigenvalue weighted by Gasteiger charge is -2.06. The van der Waals surface area contributed by atoms with Gasteiger partial charge in [0.25, 0.3) is 0 Å². The maximum Gasteiger partial charge on any atom is 0.147 e. The van der Waals surface area contributed by atoms with E-state index in [2.05, 4.69) is 4.98 Å². The van der Waals surface area contributed by atoms with Crippen LogP contribution in [0.1, 0.15) is 5.56 Å². The number of aliphatic hydroxyl groups is 1. The Morgan fingerprint density at radius 1 is 1.12 bits per heavy atom. The first-order valence-corrected chi connectivity index (χ1v) is 4.86. The molecule has 0 spiro atoms. The molecule has 0 aliphatic carbocycles. The van der Waals surface area contributed by atoms with Gasteiger partial charge in [0.15, 0.2) is 0 Å². The van der Waals surface area contributed by atoms with Crippen molar-refractivity contribution in [2.75, 3.05) is 5.73 Å². The molecule has 0 fully saturated rings. The van der Waals surface area contributed by atoms with Gasteiger partial charge in [0.2, 0.25) is 0 Å². The standard InChI is InChI=1S/C12H12N2O2/c13-10-5-12(7-14-6-10)16-11-3-1-9(8-15)2-4-11/h1-7,15H,8,13H2. The molecule has 0 unspecified atom stereocenters. The lowest BCUT2D eigenvalue weighted by atomic mass is 10.2. The molecule has 0 saturated heterocycles. The first kappa shape index (κ1) is 10.4. The molecule has 82 valence electrons.